The van der Waals surface area contributed by atoms with Crippen LogP contribution in [0.5, 0.6) is 0 Å². The molecular weight excluding hydrogens is 330 g/mol. The van der Waals surface area contributed by atoms with Crippen molar-refractivity contribution in [1.82, 2.24) is 0 Å². The number of esters is 1. The highest BCUT2D eigenvalue weighted by Crippen LogP contribution is 2.61. The van der Waals surface area contributed by atoms with E-state index >= 15 is 0 Å². The summed E-state index contributed by atoms with van der Waals surface area (Å²) >= 11 is 0. The maximum Gasteiger partial charge on any atom is 0.303 e. The molecule has 0 radical (unpaired) electrons. The van der Waals surface area contributed by atoms with Gasteiger partial charge in [-0.25, -0.2) is 0 Å². The Kier molecular flexibility index (Phi) is 5.87. The molecule has 0 aromatic carbocycles. The Morgan fingerprint density at radius 3 is 2.31 bits per heavy atom. The number of carbonyl (C=O) groups excluding carboxylic acids is 1. The third-order valence-corrected chi connectivity index (χ3v) is 7.29. The maximum absolute atomic E-state index is 11.4. The van der Waals surface area contributed by atoms with Crippen LogP contribution in [0.2, 0.25) is 0 Å². The van der Waals surface area contributed by atoms with Gasteiger partial charge in [0.15, 0.2) is 6.10 Å². The number of morpholine rings is 1. The lowest BCUT2D eigenvalue weighted by molar-refractivity contribution is -0.910. The van der Waals surface area contributed by atoms with Crippen LogP contribution in [0, 0.1) is 23.2 Å². The summed E-state index contributed by atoms with van der Waals surface area (Å²) in [6.45, 7) is 7.27. The number of hydrogen-bond donors (Lipinski definition) is 1. The van der Waals surface area contributed by atoms with E-state index in [-0.39, 0.29) is 12.1 Å². The van der Waals surface area contributed by atoms with Crippen LogP contribution >= 0.6 is 0 Å². The average molecular weight is 367 g/mol. The minimum Gasteiger partial charge on any atom is -0.454 e. The molecule has 4 aliphatic carbocycles. The maximum atomic E-state index is 11.4. The fourth-order valence-corrected chi connectivity index (χ4v) is 6.66. The summed E-state index contributed by atoms with van der Waals surface area (Å²) in [7, 11) is 0. The molecule has 0 aromatic rings. The van der Waals surface area contributed by atoms with E-state index in [0.717, 1.165) is 57.2 Å². The minimum atomic E-state index is -0.202. The Balaban J connectivity index is 1.22. The largest absolute Gasteiger partial charge is 0.454 e. The number of ether oxygens (including phenoxy) is 3. The third kappa shape index (κ3) is 4.60. The number of rotatable bonds is 8. The molecule has 4 saturated carbocycles. The summed E-state index contributed by atoms with van der Waals surface area (Å²) in [6.07, 6.45) is 9.88. The van der Waals surface area contributed by atoms with Crippen LogP contribution in [0.25, 0.3) is 0 Å². The molecule has 1 heterocycles. The van der Waals surface area contributed by atoms with Crippen molar-refractivity contribution in [3.8, 4) is 0 Å². The van der Waals surface area contributed by atoms with E-state index in [2.05, 4.69) is 0 Å². The standard InChI is InChI=1S/C21H35NO4/c1-16(23)26-20(14-22-3-6-24-7-4-22)15-25-5-2-21-11-17-8-18(12-21)10-19(9-17)13-21/h17-20H,2-15H2,1H3/p+1/t17?,18?,19?,20-,21?/m1/s1. The van der Waals surface area contributed by atoms with Crippen molar-refractivity contribution < 1.29 is 23.9 Å². The summed E-state index contributed by atoms with van der Waals surface area (Å²) in [4.78, 5) is 12.9. The van der Waals surface area contributed by atoms with Crippen molar-refractivity contribution in [1.29, 1.82) is 0 Å². The van der Waals surface area contributed by atoms with E-state index in [9.17, 15) is 4.79 Å². The van der Waals surface area contributed by atoms with Crippen LogP contribution in [0.1, 0.15) is 51.9 Å². The fourth-order valence-electron chi connectivity index (χ4n) is 6.66. The highest BCUT2D eigenvalue weighted by Gasteiger charge is 2.50. The zero-order valence-electron chi connectivity index (χ0n) is 16.3. The van der Waals surface area contributed by atoms with Crippen molar-refractivity contribution in [3.63, 3.8) is 0 Å². The van der Waals surface area contributed by atoms with Crippen LogP contribution in [0.4, 0.5) is 0 Å². The van der Waals surface area contributed by atoms with Crippen LogP contribution in [0.15, 0.2) is 0 Å². The average Bonchev–Trinajstić information content (AvgIpc) is 2.58. The zero-order valence-corrected chi connectivity index (χ0v) is 16.3. The lowest BCUT2D eigenvalue weighted by Gasteiger charge is -2.57. The van der Waals surface area contributed by atoms with E-state index in [1.165, 1.54) is 56.8 Å². The van der Waals surface area contributed by atoms with Gasteiger partial charge < -0.3 is 19.1 Å². The highest BCUT2D eigenvalue weighted by molar-refractivity contribution is 5.66. The Labute approximate surface area is 157 Å². The fraction of sp³-hybridized carbons (Fsp3) is 0.952. The highest BCUT2D eigenvalue weighted by atomic mass is 16.6. The Morgan fingerprint density at radius 1 is 1.12 bits per heavy atom. The van der Waals surface area contributed by atoms with Gasteiger partial charge in [-0.1, -0.05) is 0 Å². The SMILES string of the molecule is CC(=O)O[C@@H](COCCC12CC3CC(CC(C3)C1)C2)C[NH+]1CCOCC1. The van der Waals surface area contributed by atoms with Gasteiger partial charge in [0.05, 0.1) is 19.8 Å². The van der Waals surface area contributed by atoms with Gasteiger partial charge in [-0.15, -0.1) is 0 Å². The molecule has 0 amide bonds. The number of nitrogens with one attached hydrogen (secondary N) is 1. The van der Waals surface area contributed by atoms with Crippen molar-refractivity contribution in [2.75, 3.05) is 46.1 Å². The summed E-state index contributed by atoms with van der Waals surface area (Å²) in [5.74, 6) is 2.80. The van der Waals surface area contributed by atoms with Crippen molar-refractivity contribution in [2.24, 2.45) is 23.2 Å². The van der Waals surface area contributed by atoms with Crippen LogP contribution in [-0.4, -0.2) is 58.1 Å². The van der Waals surface area contributed by atoms with Gasteiger partial charge in [0.1, 0.15) is 19.6 Å². The van der Waals surface area contributed by atoms with Gasteiger partial charge in [-0.3, -0.25) is 4.79 Å². The van der Waals surface area contributed by atoms with Gasteiger partial charge in [0, 0.05) is 13.5 Å². The molecule has 0 unspecified atom stereocenters. The summed E-state index contributed by atoms with van der Waals surface area (Å²) in [5, 5.41) is 0. The van der Waals surface area contributed by atoms with Gasteiger partial charge in [-0.05, 0) is 68.1 Å². The molecule has 1 aliphatic heterocycles. The van der Waals surface area contributed by atoms with Crippen molar-refractivity contribution in [3.05, 3.63) is 0 Å². The second-order valence-corrected chi connectivity index (χ2v) is 9.54. The summed E-state index contributed by atoms with van der Waals surface area (Å²) < 4.78 is 17.0. The predicted molar refractivity (Wildman–Crippen MR) is 98.0 cm³/mol. The zero-order chi connectivity index (χ0) is 18.0. The van der Waals surface area contributed by atoms with Crippen LogP contribution in [-0.2, 0) is 19.0 Å². The number of hydrogen-bond acceptors (Lipinski definition) is 4. The molecule has 1 N–H and O–H groups in total. The van der Waals surface area contributed by atoms with E-state index in [1.54, 1.807) is 0 Å². The summed E-state index contributed by atoms with van der Waals surface area (Å²) in [6, 6.07) is 0. The summed E-state index contributed by atoms with van der Waals surface area (Å²) in [5.41, 5.74) is 0.571. The Hall–Kier alpha value is -0.650. The normalized spacial score (nSPS) is 37.7. The first kappa shape index (κ1) is 18.7. The van der Waals surface area contributed by atoms with E-state index in [4.69, 9.17) is 14.2 Å². The second kappa shape index (κ2) is 8.15. The first-order valence-corrected chi connectivity index (χ1v) is 10.8. The smallest absolute Gasteiger partial charge is 0.303 e. The van der Waals surface area contributed by atoms with E-state index in [0.29, 0.717) is 12.0 Å². The molecule has 0 spiro atoms. The van der Waals surface area contributed by atoms with Gasteiger partial charge in [0.25, 0.3) is 0 Å². The third-order valence-electron chi connectivity index (χ3n) is 7.29. The minimum absolute atomic E-state index is 0.128. The van der Waals surface area contributed by atoms with Gasteiger partial charge >= 0.3 is 5.97 Å². The molecule has 148 valence electrons. The number of quaternary nitrogens is 1. The van der Waals surface area contributed by atoms with E-state index in [1.807, 2.05) is 0 Å². The predicted octanol–water partition coefficient (Wildman–Crippen LogP) is 1.46. The molecule has 5 heteroatoms. The lowest BCUT2D eigenvalue weighted by atomic mass is 9.49. The lowest BCUT2D eigenvalue weighted by Crippen LogP contribution is -3.15. The molecule has 5 rings (SSSR count). The van der Waals surface area contributed by atoms with Crippen molar-refractivity contribution in [2.45, 2.75) is 58.0 Å². The van der Waals surface area contributed by atoms with E-state index < -0.39 is 0 Å². The number of carbonyl (C=O) groups is 1. The molecule has 0 aromatic heterocycles. The Bertz CT molecular complexity index is 453. The topological polar surface area (TPSA) is 49.2 Å². The molecule has 26 heavy (non-hydrogen) atoms. The molecular formula is C21H36NO4+. The second-order valence-electron chi connectivity index (χ2n) is 9.54. The van der Waals surface area contributed by atoms with Gasteiger partial charge in [0.2, 0.25) is 0 Å². The van der Waals surface area contributed by atoms with Gasteiger partial charge in [-0.2, -0.15) is 0 Å². The molecule has 1 saturated heterocycles. The Morgan fingerprint density at radius 2 is 1.73 bits per heavy atom. The molecule has 5 fully saturated rings. The molecule has 5 nitrogen and oxygen atoms in total. The van der Waals surface area contributed by atoms with Crippen molar-refractivity contribution >= 4 is 5.97 Å². The van der Waals surface area contributed by atoms with Crippen LogP contribution < -0.4 is 4.90 Å². The first-order chi connectivity index (χ1) is 12.6. The van der Waals surface area contributed by atoms with Crippen LogP contribution in [0.3, 0.4) is 0 Å². The quantitative estimate of drug-likeness (QED) is 0.522. The molecule has 4 bridgehead atoms. The molecule has 5 aliphatic rings. The monoisotopic (exact) mass is 366 g/mol. The first-order valence-electron chi connectivity index (χ1n) is 10.8. The molecule has 1 atom stereocenters.